The van der Waals surface area contributed by atoms with Crippen LogP contribution in [0, 0.1) is 11.6 Å². The van der Waals surface area contributed by atoms with Gasteiger partial charge in [-0.15, -0.1) is 0 Å². The van der Waals surface area contributed by atoms with Crippen LogP contribution in [0.4, 0.5) is 17.6 Å². The molecule has 2 aromatic carbocycles. The van der Waals surface area contributed by atoms with Crippen molar-refractivity contribution >= 4 is 5.91 Å². The average Bonchev–Trinajstić information content (AvgIpc) is 3.55. The lowest BCUT2D eigenvalue weighted by Gasteiger charge is -2.31. The zero-order chi connectivity index (χ0) is 22.8. The van der Waals surface area contributed by atoms with Gasteiger partial charge in [0.25, 0.3) is 5.92 Å². The van der Waals surface area contributed by atoms with E-state index in [1.54, 1.807) is 18.2 Å². The van der Waals surface area contributed by atoms with Crippen molar-refractivity contribution < 1.29 is 27.1 Å². The molecule has 0 aliphatic heterocycles. The van der Waals surface area contributed by atoms with Crippen LogP contribution >= 0.6 is 0 Å². The summed E-state index contributed by atoms with van der Waals surface area (Å²) in [5.41, 5.74) is 2.57. The van der Waals surface area contributed by atoms with Gasteiger partial charge in [-0.05, 0) is 60.1 Å². The third-order valence-corrected chi connectivity index (χ3v) is 5.79. The number of methoxy groups -OCH3 is 1. The number of nitrogens with one attached hydrogen (secondary N) is 1. The Labute approximate surface area is 179 Å². The molecular weight excluding hydrogens is 410 g/mol. The fourth-order valence-corrected chi connectivity index (χ4v) is 3.90. The topological polar surface area (TPSA) is 38.3 Å². The monoisotopic (exact) mass is 437 g/mol. The number of carbonyl (C=O) groups excluding carboxylic acids is 1. The van der Waals surface area contributed by atoms with Gasteiger partial charge in [-0.1, -0.05) is 25.1 Å². The fourth-order valence-electron chi connectivity index (χ4n) is 3.90. The molecule has 0 spiro atoms. The van der Waals surface area contributed by atoms with Crippen LogP contribution in [0.5, 0.6) is 0 Å². The van der Waals surface area contributed by atoms with Gasteiger partial charge in [-0.3, -0.25) is 4.79 Å². The third-order valence-electron chi connectivity index (χ3n) is 5.79. The highest BCUT2D eigenvalue weighted by Crippen LogP contribution is 2.46. The Hall–Kier alpha value is -2.41. The normalized spacial score (nSPS) is 16.1. The van der Waals surface area contributed by atoms with Crippen molar-refractivity contribution in [1.29, 1.82) is 0 Å². The molecule has 31 heavy (non-hydrogen) atoms. The van der Waals surface area contributed by atoms with E-state index in [4.69, 9.17) is 4.74 Å². The van der Waals surface area contributed by atoms with Gasteiger partial charge in [0.05, 0.1) is 12.5 Å². The van der Waals surface area contributed by atoms with E-state index in [9.17, 15) is 22.4 Å². The minimum Gasteiger partial charge on any atom is -0.379 e. The number of carbonyl (C=O) groups is 1. The lowest BCUT2D eigenvalue weighted by atomic mass is 9.90. The number of halogens is 4. The second-order valence-electron chi connectivity index (χ2n) is 8.09. The summed E-state index contributed by atoms with van der Waals surface area (Å²) in [6.45, 7) is 2.84. The SMILES string of the molecule is CCC(F)(F)[C@H](NC(=O)Cc1cccc(-c2cc(F)cc(F)c2)c1C1CC1)[C@H](C)OC. The van der Waals surface area contributed by atoms with Crippen LogP contribution in [0.3, 0.4) is 0 Å². The van der Waals surface area contributed by atoms with E-state index >= 15 is 0 Å². The van der Waals surface area contributed by atoms with Gasteiger partial charge in [0.1, 0.15) is 17.7 Å². The maximum Gasteiger partial charge on any atom is 0.270 e. The zero-order valence-electron chi connectivity index (χ0n) is 17.9. The van der Waals surface area contributed by atoms with Gasteiger partial charge in [-0.25, -0.2) is 17.6 Å². The van der Waals surface area contributed by atoms with E-state index < -0.39 is 42.0 Å². The average molecular weight is 437 g/mol. The molecule has 168 valence electrons. The maximum atomic E-state index is 14.4. The number of rotatable bonds is 9. The smallest absolute Gasteiger partial charge is 0.270 e. The van der Waals surface area contributed by atoms with Gasteiger partial charge in [0.15, 0.2) is 0 Å². The van der Waals surface area contributed by atoms with Crippen LogP contribution in [0.25, 0.3) is 11.1 Å². The van der Waals surface area contributed by atoms with Gasteiger partial charge in [0, 0.05) is 19.6 Å². The molecule has 2 aromatic rings. The molecule has 0 unspecified atom stereocenters. The molecule has 0 heterocycles. The van der Waals surface area contributed by atoms with Crippen LogP contribution in [-0.2, 0) is 16.0 Å². The van der Waals surface area contributed by atoms with Crippen LogP contribution in [0.2, 0.25) is 0 Å². The molecule has 3 nitrogen and oxygen atoms in total. The van der Waals surface area contributed by atoms with E-state index in [0.717, 1.165) is 24.5 Å². The Kier molecular flexibility index (Phi) is 7.04. The number of benzene rings is 2. The van der Waals surface area contributed by atoms with Crippen molar-refractivity contribution in [3.05, 3.63) is 59.2 Å². The summed E-state index contributed by atoms with van der Waals surface area (Å²) in [4.78, 5) is 12.7. The van der Waals surface area contributed by atoms with Crippen molar-refractivity contribution in [1.82, 2.24) is 5.32 Å². The first-order chi connectivity index (χ1) is 14.7. The summed E-state index contributed by atoms with van der Waals surface area (Å²) in [7, 11) is 1.32. The highest BCUT2D eigenvalue weighted by atomic mass is 19.3. The predicted octanol–water partition coefficient (Wildman–Crippen LogP) is 5.62. The highest BCUT2D eigenvalue weighted by molar-refractivity contribution is 5.81. The van der Waals surface area contributed by atoms with E-state index in [0.29, 0.717) is 16.7 Å². The molecule has 1 aliphatic carbocycles. The first kappa shape index (κ1) is 23.3. The molecule has 3 rings (SSSR count). The second-order valence-corrected chi connectivity index (χ2v) is 8.09. The second kappa shape index (κ2) is 9.39. The Morgan fingerprint density at radius 1 is 1.19 bits per heavy atom. The minimum atomic E-state index is -3.12. The van der Waals surface area contributed by atoms with Gasteiger partial charge in [-0.2, -0.15) is 0 Å². The van der Waals surface area contributed by atoms with Crippen molar-refractivity contribution in [2.24, 2.45) is 0 Å². The van der Waals surface area contributed by atoms with Crippen LogP contribution < -0.4 is 5.32 Å². The van der Waals surface area contributed by atoms with Crippen molar-refractivity contribution in [2.45, 2.75) is 63.5 Å². The zero-order valence-corrected chi connectivity index (χ0v) is 17.9. The Morgan fingerprint density at radius 3 is 2.39 bits per heavy atom. The molecule has 1 saturated carbocycles. The Bertz CT molecular complexity index is 923. The van der Waals surface area contributed by atoms with Crippen LogP contribution in [-0.4, -0.2) is 31.1 Å². The van der Waals surface area contributed by atoms with Gasteiger partial charge < -0.3 is 10.1 Å². The number of hydrogen-bond donors (Lipinski definition) is 1. The summed E-state index contributed by atoms with van der Waals surface area (Å²) in [6.07, 6.45) is 0.397. The maximum absolute atomic E-state index is 14.4. The van der Waals surface area contributed by atoms with E-state index in [1.807, 2.05) is 0 Å². The van der Waals surface area contributed by atoms with Crippen molar-refractivity contribution in [2.75, 3.05) is 7.11 Å². The summed E-state index contributed by atoms with van der Waals surface area (Å²) in [5, 5.41) is 2.44. The number of alkyl halides is 2. The van der Waals surface area contributed by atoms with Crippen molar-refractivity contribution in [3.8, 4) is 11.1 Å². The third kappa shape index (κ3) is 5.45. The molecule has 7 heteroatoms. The lowest BCUT2D eigenvalue weighted by Crippen LogP contribution is -2.54. The standard InChI is InChI=1S/C24H27F4NO2/c1-4-24(27,28)23(14(2)31-3)29-21(30)12-16-6-5-7-20(22(16)15-8-9-15)17-10-18(25)13-19(26)11-17/h5-7,10-11,13-15,23H,4,8-9,12H2,1-3H3,(H,29,30)/t14-,23+/m0/s1. The molecule has 2 atom stereocenters. The van der Waals surface area contributed by atoms with Crippen LogP contribution in [0.1, 0.15) is 50.2 Å². The van der Waals surface area contributed by atoms with E-state index in [-0.39, 0.29) is 12.3 Å². The Morgan fingerprint density at radius 2 is 1.84 bits per heavy atom. The molecule has 0 saturated heterocycles. The number of hydrogen-bond acceptors (Lipinski definition) is 2. The lowest BCUT2D eigenvalue weighted by molar-refractivity contribution is -0.130. The first-order valence-electron chi connectivity index (χ1n) is 10.4. The van der Waals surface area contributed by atoms with Gasteiger partial charge >= 0.3 is 0 Å². The molecule has 1 aliphatic rings. The molecular formula is C24H27F4NO2. The summed E-state index contributed by atoms with van der Waals surface area (Å²) in [5.74, 6) is -4.86. The molecule has 1 N–H and O–H groups in total. The summed E-state index contributed by atoms with van der Waals surface area (Å²) < 4.78 is 61.4. The van der Waals surface area contributed by atoms with Crippen LogP contribution in [0.15, 0.2) is 36.4 Å². The first-order valence-corrected chi connectivity index (χ1v) is 10.4. The Balaban J connectivity index is 1.90. The van der Waals surface area contributed by atoms with E-state index in [1.165, 1.54) is 33.1 Å². The van der Waals surface area contributed by atoms with Crippen molar-refractivity contribution in [3.63, 3.8) is 0 Å². The van der Waals surface area contributed by atoms with E-state index in [2.05, 4.69) is 5.32 Å². The molecule has 0 radical (unpaired) electrons. The van der Waals surface area contributed by atoms with Gasteiger partial charge in [0.2, 0.25) is 5.91 Å². The quantitative estimate of drug-likeness (QED) is 0.518. The molecule has 1 fully saturated rings. The molecule has 0 bridgehead atoms. The minimum absolute atomic E-state index is 0.107. The highest BCUT2D eigenvalue weighted by Gasteiger charge is 2.42. The molecule has 1 amide bonds. The molecule has 0 aromatic heterocycles. The summed E-state index contributed by atoms with van der Waals surface area (Å²) >= 11 is 0. The fraction of sp³-hybridized carbons (Fsp3) is 0.458. The predicted molar refractivity (Wildman–Crippen MR) is 111 cm³/mol. The largest absolute Gasteiger partial charge is 0.379 e. The summed E-state index contributed by atoms with van der Waals surface area (Å²) in [6, 6.07) is 7.10. The number of amides is 1. The number of ether oxygens (including phenoxy) is 1.